The second kappa shape index (κ2) is 11.4. The second-order valence-electron chi connectivity index (χ2n) is 10.2. The Kier molecular flexibility index (Phi) is 8.16. The lowest BCUT2D eigenvalue weighted by Crippen LogP contribution is -2.55. The fourth-order valence-electron chi connectivity index (χ4n) is 5.62. The molecule has 2 atom stereocenters. The van der Waals surface area contributed by atoms with E-state index < -0.39 is 16.1 Å². The smallest absolute Gasteiger partial charge is 0.242 e. The summed E-state index contributed by atoms with van der Waals surface area (Å²) < 4.78 is 29.8. The van der Waals surface area contributed by atoms with E-state index in [9.17, 15) is 18.0 Å². The number of nitrogens with one attached hydrogen (secondary N) is 2. The summed E-state index contributed by atoms with van der Waals surface area (Å²) in [5.74, 6) is -0.374. The Balaban J connectivity index is 1.22. The van der Waals surface area contributed by atoms with Gasteiger partial charge >= 0.3 is 0 Å². The van der Waals surface area contributed by atoms with Crippen LogP contribution in [0.1, 0.15) is 25.7 Å². The number of rotatable bonds is 7. The molecule has 9 nitrogen and oxygen atoms in total. The van der Waals surface area contributed by atoms with E-state index >= 15 is 0 Å². The fraction of sp³-hybridized carbons (Fsp3) is 0.538. The average molecular weight is 593 g/mol. The van der Waals surface area contributed by atoms with Gasteiger partial charge in [0.2, 0.25) is 21.8 Å². The van der Waals surface area contributed by atoms with Gasteiger partial charge in [0, 0.05) is 56.3 Å². The summed E-state index contributed by atoms with van der Waals surface area (Å²) in [6, 6.07) is 9.87. The first-order valence-corrected chi connectivity index (χ1v) is 15.3. The first-order chi connectivity index (χ1) is 17.8. The second-order valence-corrected chi connectivity index (χ2v) is 12.8. The van der Waals surface area contributed by atoms with Gasteiger partial charge in [0.05, 0.1) is 11.4 Å². The van der Waals surface area contributed by atoms with E-state index in [-0.39, 0.29) is 29.3 Å². The highest BCUT2D eigenvalue weighted by Gasteiger charge is 2.36. The number of sulfonamides is 1. The minimum Gasteiger partial charge on any atom is -0.337 e. The molecule has 0 radical (unpaired) electrons. The van der Waals surface area contributed by atoms with Gasteiger partial charge < -0.3 is 15.1 Å². The molecule has 11 heteroatoms. The van der Waals surface area contributed by atoms with Crippen LogP contribution >= 0.6 is 15.9 Å². The van der Waals surface area contributed by atoms with Gasteiger partial charge in [0.1, 0.15) is 6.04 Å². The third-order valence-electron chi connectivity index (χ3n) is 7.61. The van der Waals surface area contributed by atoms with Crippen LogP contribution in [-0.4, -0.2) is 99.4 Å². The monoisotopic (exact) mass is 591 g/mol. The van der Waals surface area contributed by atoms with Gasteiger partial charge in [-0.25, -0.2) is 8.42 Å². The molecule has 2 amide bonds. The molecular weight excluding hydrogens is 558 g/mol. The summed E-state index contributed by atoms with van der Waals surface area (Å²) in [6.45, 7) is 5.95. The predicted molar refractivity (Wildman–Crippen MR) is 146 cm³/mol. The maximum Gasteiger partial charge on any atom is 0.242 e. The average Bonchev–Trinajstić information content (AvgIpc) is 3.35. The number of amides is 2. The number of likely N-dealkylation sites (tertiary alicyclic amines) is 2. The standard InChI is InChI=1S/C26H34BrN5O4S/c27-21-7-5-20-16-23(8-6-19(20)15-21)37(35,36)29-24-4-2-11-31(26(24)34)18-25(33)32-12-1-3-22(32)17-30-13-9-28-10-14-30/h5-8,15-16,22,24,28-29H,1-4,9-14,17-18H2. The largest absolute Gasteiger partial charge is 0.337 e. The van der Waals surface area contributed by atoms with Crippen molar-refractivity contribution >= 4 is 48.5 Å². The quantitative estimate of drug-likeness (QED) is 0.509. The maximum atomic E-state index is 13.2. The van der Waals surface area contributed by atoms with Crippen molar-refractivity contribution in [3.8, 4) is 0 Å². The summed E-state index contributed by atoms with van der Waals surface area (Å²) in [6.07, 6.45) is 3.01. The molecule has 200 valence electrons. The molecule has 2 unspecified atom stereocenters. The Morgan fingerprint density at radius 2 is 1.73 bits per heavy atom. The molecule has 37 heavy (non-hydrogen) atoms. The van der Waals surface area contributed by atoms with Crippen molar-refractivity contribution in [2.75, 3.05) is 52.4 Å². The number of piperidine rings is 1. The van der Waals surface area contributed by atoms with Crippen LogP contribution in [0, 0.1) is 0 Å². The Bertz CT molecular complexity index is 1270. The fourth-order valence-corrected chi connectivity index (χ4v) is 7.26. The zero-order valence-electron chi connectivity index (χ0n) is 20.9. The third-order valence-corrected chi connectivity index (χ3v) is 9.58. The number of hydrogen-bond donors (Lipinski definition) is 2. The van der Waals surface area contributed by atoms with Crippen molar-refractivity contribution in [1.29, 1.82) is 0 Å². The molecule has 0 aliphatic carbocycles. The third kappa shape index (κ3) is 6.17. The molecule has 0 saturated carbocycles. The van der Waals surface area contributed by atoms with Crippen molar-refractivity contribution in [1.82, 2.24) is 24.7 Å². The normalized spacial score (nSPS) is 23.6. The number of carbonyl (C=O) groups is 2. The summed E-state index contributed by atoms with van der Waals surface area (Å²) in [5, 5.41) is 5.08. The molecule has 3 aliphatic rings. The summed E-state index contributed by atoms with van der Waals surface area (Å²) >= 11 is 3.43. The highest BCUT2D eigenvalue weighted by Crippen LogP contribution is 2.24. The summed E-state index contributed by atoms with van der Waals surface area (Å²) in [4.78, 5) is 32.4. The van der Waals surface area contributed by atoms with E-state index in [0.29, 0.717) is 25.9 Å². The molecule has 5 rings (SSSR count). The minimum atomic E-state index is -3.90. The van der Waals surface area contributed by atoms with Crippen LogP contribution in [0.5, 0.6) is 0 Å². The Morgan fingerprint density at radius 1 is 1.00 bits per heavy atom. The lowest BCUT2D eigenvalue weighted by molar-refractivity contribution is -0.143. The van der Waals surface area contributed by atoms with Gasteiger partial charge in [-0.3, -0.25) is 14.5 Å². The number of fused-ring (bicyclic) bond motifs is 1. The van der Waals surface area contributed by atoms with Crippen LogP contribution in [0.25, 0.3) is 10.8 Å². The van der Waals surface area contributed by atoms with E-state index in [4.69, 9.17) is 0 Å². The Morgan fingerprint density at radius 3 is 2.54 bits per heavy atom. The van der Waals surface area contributed by atoms with Crippen molar-refractivity contribution in [3.05, 3.63) is 40.9 Å². The Hall–Kier alpha value is -2.05. The molecule has 0 aromatic heterocycles. The number of hydrogen-bond acceptors (Lipinski definition) is 6. The highest BCUT2D eigenvalue weighted by atomic mass is 79.9. The molecule has 3 saturated heterocycles. The van der Waals surface area contributed by atoms with Crippen molar-refractivity contribution in [2.45, 2.75) is 42.7 Å². The Labute approximate surface area is 226 Å². The highest BCUT2D eigenvalue weighted by molar-refractivity contribution is 9.10. The number of carbonyl (C=O) groups excluding carboxylic acids is 2. The van der Waals surface area contributed by atoms with Gasteiger partial charge in [-0.05, 0) is 60.7 Å². The topological polar surface area (TPSA) is 102 Å². The molecule has 0 bridgehead atoms. The first-order valence-electron chi connectivity index (χ1n) is 13.0. The number of halogens is 1. The van der Waals surface area contributed by atoms with Crippen molar-refractivity contribution in [3.63, 3.8) is 0 Å². The van der Waals surface area contributed by atoms with Gasteiger partial charge in [-0.2, -0.15) is 4.72 Å². The van der Waals surface area contributed by atoms with E-state index in [1.54, 1.807) is 18.2 Å². The molecule has 3 fully saturated rings. The number of benzene rings is 2. The van der Waals surface area contributed by atoms with Gasteiger partial charge in [0.25, 0.3) is 0 Å². The molecule has 2 N–H and O–H groups in total. The lowest BCUT2D eigenvalue weighted by Gasteiger charge is -2.36. The molecule has 2 aromatic rings. The van der Waals surface area contributed by atoms with E-state index in [1.165, 1.54) is 4.90 Å². The molecule has 2 aromatic carbocycles. The zero-order valence-corrected chi connectivity index (χ0v) is 23.3. The summed E-state index contributed by atoms with van der Waals surface area (Å²) in [5.41, 5.74) is 0. The SMILES string of the molecule is O=C1C(NS(=O)(=O)c2ccc3cc(Br)ccc3c2)CCCN1CC(=O)N1CCCC1CN1CCNCC1. The van der Waals surface area contributed by atoms with E-state index in [1.807, 2.05) is 23.1 Å². The van der Waals surface area contributed by atoms with E-state index in [2.05, 4.69) is 30.9 Å². The zero-order chi connectivity index (χ0) is 26.0. The predicted octanol–water partition coefficient (Wildman–Crippen LogP) is 1.77. The number of nitrogens with zero attached hydrogens (tertiary/aromatic N) is 3. The van der Waals surface area contributed by atoms with Crippen molar-refractivity contribution in [2.24, 2.45) is 0 Å². The van der Waals surface area contributed by atoms with Crippen LogP contribution < -0.4 is 10.0 Å². The van der Waals surface area contributed by atoms with Crippen LogP contribution in [0.2, 0.25) is 0 Å². The van der Waals surface area contributed by atoms with Gasteiger partial charge in [-0.1, -0.05) is 28.1 Å². The molecular formula is C26H34BrN5O4S. The lowest BCUT2D eigenvalue weighted by atomic mass is 10.1. The molecule has 3 heterocycles. The maximum absolute atomic E-state index is 13.2. The molecule has 3 aliphatic heterocycles. The van der Waals surface area contributed by atoms with Gasteiger partial charge in [-0.15, -0.1) is 0 Å². The molecule has 0 spiro atoms. The van der Waals surface area contributed by atoms with Crippen LogP contribution in [-0.2, 0) is 19.6 Å². The number of piperazine rings is 1. The van der Waals surface area contributed by atoms with Crippen LogP contribution in [0.15, 0.2) is 45.8 Å². The minimum absolute atomic E-state index is 0.0000310. The van der Waals surface area contributed by atoms with Crippen LogP contribution in [0.3, 0.4) is 0 Å². The summed E-state index contributed by atoms with van der Waals surface area (Å²) in [7, 11) is -3.90. The first kappa shape index (κ1) is 26.6. The van der Waals surface area contributed by atoms with Crippen molar-refractivity contribution < 1.29 is 18.0 Å². The van der Waals surface area contributed by atoms with Crippen LogP contribution in [0.4, 0.5) is 0 Å². The van der Waals surface area contributed by atoms with E-state index in [0.717, 1.165) is 60.8 Å². The van der Waals surface area contributed by atoms with Gasteiger partial charge in [0.15, 0.2) is 0 Å².